The number of carbonyl (C=O) groups excluding carboxylic acids is 2. The van der Waals surface area contributed by atoms with Crippen LogP contribution in [0.5, 0.6) is 0 Å². The van der Waals surface area contributed by atoms with Crippen LogP contribution in [-0.4, -0.2) is 45.2 Å². The van der Waals surface area contributed by atoms with Gasteiger partial charge in [0.05, 0.1) is 5.56 Å². The number of nitrogens with one attached hydrogen (secondary N) is 1. The number of amides is 1. The first-order chi connectivity index (χ1) is 13.4. The summed E-state index contributed by atoms with van der Waals surface area (Å²) in [4.78, 5) is 23.6. The van der Waals surface area contributed by atoms with Crippen molar-refractivity contribution in [2.75, 3.05) is 20.6 Å². The van der Waals surface area contributed by atoms with Gasteiger partial charge in [0.15, 0.2) is 0 Å². The zero-order valence-electron chi connectivity index (χ0n) is 15.3. The average Bonchev–Trinajstić information content (AvgIpc) is 3.13. The van der Waals surface area contributed by atoms with Crippen molar-refractivity contribution >= 4 is 21.9 Å². The second kappa shape index (κ2) is 8.66. The molecule has 2 aromatic rings. The maximum absolute atomic E-state index is 12.5. The molecule has 1 heterocycles. The van der Waals surface area contributed by atoms with Gasteiger partial charge in [0.25, 0.3) is 15.9 Å². The molecule has 0 fully saturated rings. The molecule has 0 aliphatic heterocycles. The molecule has 0 bridgehead atoms. The molecular formula is C17H17F3N2O6S. The highest BCUT2D eigenvalue weighted by Gasteiger charge is 2.30. The predicted molar refractivity (Wildman–Crippen MR) is 93.2 cm³/mol. The largest absolute Gasteiger partial charge is 0.456 e. The Labute approximate surface area is 164 Å². The van der Waals surface area contributed by atoms with Crippen molar-refractivity contribution in [3.63, 3.8) is 0 Å². The van der Waals surface area contributed by atoms with E-state index in [0.717, 1.165) is 28.6 Å². The number of ether oxygens (including phenoxy) is 1. The summed E-state index contributed by atoms with van der Waals surface area (Å²) < 4.78 is 72.2. The van der Waals surface area contributed by atoms with Crippen molar-refractivity contribution in [3.05, 3.63) is 53.3 Å². The van der Waals surface area contributed by atoms with Crippen LogP contribution in [0.2, 0.25) is 0 Å². The molecule has 0 aliphatic carbocycles. The highest BCUT2D eigenvalue weighted by atomic mass is 32.2. The second-order valence-corrected chi connectivity index (χ2v) is 8.01. The summed E-state index contributed by atoms with van der Waals surface area (Å²) in [5, 5.41) is 1.89. The van der Waals surface area contributed by atoms with Crippen LogP contribution in [0, 0.1) is 0 Å². The fourth-order valence-corrected chi connectivity index (χ4v) is 2.83. The topological polar surface area (TPSA) is 106 Å². The smallest absolute Gasteiger partial charge is 0.416 e. The van der Waals surface area contributed by atoms with Crippen molar-refractivity contribution < 1.29 is 40.3 Å². The summed E-state index contributed by atoms with van der Waals surface area (Å²) in [6.45, 7) is -0.901. The minimum absolute atomic E-state index is 0.0598. The molecule has 29 heavy (non-hydrogen) atoms. The lowest BCUT2D eigenvalue weighted by molar-refractivity contribution is -0.144. The number of nitrogens with zero attached hydrogens (tertiary/aromatic N) is 1. The number of alkyl halides is 3. The van der Waals surface area contributed by atoms with E-state index < -0.39 is 40.2 Å². The van der Waals surface area contributed by atoms with E-state index in [1.165, 1.54) is 26.2 Å². The van der Waals surface area contributed by atoms with Crippen LogP contribution in [-0.2, 0) is 32.3 Å². The van der Waals surface area contributed by atoms with Gasteiger partial charge in [-0.3, -0.25) is 9.59 Å². The second-order valence-electron chi connectivity index (χ2n) is 5.93. The third-order valence-electron chi connectivity index (χ3n) is 3.62. The van der Waals surface area contributed by atoms with Crippen LogP contribution in [0.1, 0.15) is 21.7 Å². The van der Waals surface area contributed by atoms with Gasteiger partial charge in [-0.05, 0) is 36.4 Å². The molecule has 0 radical (unpaired) electrons. The van der Waals surface area contributed by atoms with Crippen LogP contribution in [0.25, 0.3) is 0 Å². The number of hydrogen-bond donors (Lipinski definition) is 1. The number of esters is 1. The Morgan fingerprint density at radius 3 is 2.28 bits per heavy atom. The normalized spacial score (nSPS) is 12.1. The molecule has 1 amide bonds. The number of sulfonamides is 1. The lowest BCUT2D eigenvalue weighted by Crippen LogP contribution is -2.30. The van der Waals surface area contributed by atoms with Crippen molar-refractivity contribution in [2.24, 2.45) is 0 Å². The highest BCUT2D eigenvalue weighted by molar-refractivity contribution is 7.88. The molecule has 0 saturated carbocycles. The first-order valence-electron chi connectivity index (χ1n) is 8.03. The number of halogens is 3. The van der Waals surface area contributed by atoms with Crippen molar-refractivity contribution in [1.82, 2.24) is 9.62 Å². The molecule has 12 heteroatoms. The van der Waals surface area contributed by atoms with Crippen LogP contribution in [0.4, 0.5) is 13.2 Å². The quantitative estimate of drug-likeness (QED) is 0.669. The van der Waals surface area contributed by atoms with Gasteiger partial charge >= 0.3 is 12.1 Å². The van der Waals surface area contributed by atoms with Crippen molar-refractivity contribution in [3.8, 4) is 0 Å². The first-order valence-corrected chi connectivity index (χ1v) is 9.47. The van der Waals surface area contributed by atoms with E-state index in [4.69, 9.17) is 9.15 Å². The Balaban J connectivity index is 1.84. The van der Waals surface area contributed by atoms with E-state index >= 15 is 0 Å². The monoisotopic (exact) mass is 434 g/mol. The first kappa shape index (κ1) is 22.4. The van der Waals surface area contributed by atoms with Crippen LogP contribution in [0.15, 0.2) is 45.9 Å². The summed E-state index contributed by atoms with van der Waals surface area (Å²) in [7, 11) is -1.10. The summed E-state index contributed by atoms with van der Waals surface area (Å²) in [5.74, 6) is -1.53. The minimum atomic E-state index is -4.52. The lowest BCUT2D eigenvalue weighted by atomic mass is 10.1. The summed E-state index contributed by atoms with van der Waals surface area (Å²) in [6, 6.07) is 6.01. The van der Waals surface area contributed by atoms with Crippen LogP contribution in [0.3, 0.4) is 0 Å². The van der Waals surface area contributed by atoms with Crippen molar-refractivity contribution in [1.29, 1.82) is 0 Å². The fraction of sp³-hybridized carbons (Fsp3) is 0.294. The molecule has 0 saturated heterocycles. The Morgan fingerprint density at radius 1 is 1.10 bits per heavy atom. The van der Waals surface area contributed by atoms with Crippen LogP contribution >= 0.6 is 0 Å². The third kappa shape index (κ3) is 5.81. The highest BCUT2D eigenvalue weighted by Crippen LogP contribution is 2.29. The van der Waals surface area contributed by atoms with E-state index in [1.54, 1.807) is 0 Å². The fourth-order valence-electron chi connectivity index (χ4n) is 2.02. The maximum Gasteiger partial charge on any atom is 0.416 e. The zero-order valence-corrected chi connectivity index (χ0v) is 16.1. The van der Waals surface area contributed by atoms with E-state index in [2.05, 4.69) is 5.32 Å². The molecule has 8 nitrogen and oxygen atoms in total. The lowest BCUT2D eigenvalue weighted by Gasteiger charge is -2.09. The molecule has 1 N–H and O–H groups in total. The third-order valence-corrected chi connectivity index (χ3v) is 5.30. The number of benzene rings is 1. The molecular weight excluding hydrogens is 417 g/mol. The summed E-state index contributed by atoms with van der Waals surface area (Å²) in [6.07, 6.45) is -4.52. The molecule has 0 unspecified atom stereocenters. The van der Waals surface area contributed by atoms with Gasteiger partial charge in [-0.25, -0.2) is 12.7 Å². The molecule has 158 valence electrons. The van der Waals surface area contributed by atoms with E-state index in [-0.39, 0.29) is 23.0 Å². The Morgan fingerprint density at radius 2 is 1.72 bits per heavy atom. The maximum atomic E-state index is 12.5. The Kier molecular flexibility index (Phi) is 6.69. The molecule has 0 aliphatic rings. The van der Waals surface area contributed by atoms with Gasteiger partial charge in [-0.1, -0.05) is 0 Å². The Hall–Kier alpha value is -2.86. The van der Waals surface area contributed by atoms with E-state index in [9.17, 15) is 31.2 Å². The number of hydrogen-bond acceptors (Lipinski definition) is 6. The standard InChI is InChI=1S/C17H17F3N2O6S/c1-22(2)29(25,26)15-8-7-13(28-15)10-27-14(23)9-21-16(24)11-3-5-12(6-4-11)17(18,19)20/h3-8H,9-10H2,1-2H3,(H,21,24). The van der Waals surface area contributed by atoms with Gasteiger partial charge < -0.3 is 14.5 Å². The minimum Gasteiger partial charge on any atom is -0.456 e. The Bertz CT molecular complexity index is 981. The summed E-state index contributed by atoms with van der Waals surface area (Å²) >= 11 is 0. The van der Waals surface area contributed by atoms with Gasteiger partial charge in [-0.2, -0.15) is 13.2 Å². The molecule has 0 spiro atoms. The van der Waals surface area contributed by atoms with Gasteiger partial charge in [0.2, 0.25) is 5.09 Å². The SMILES string of the molecule is CN(C)S(=O)(=O)c1ccc(COC(=O)CNC(=O)c2ccc(C(F)(F)F)cc2)o1. The molecule has 2 rings (SSSR count). The summed E-state index contributed by atoms with van der Waals surface area (Å²) in [5.41, 5.74) is -0.960. The van der Waals surface area contributed by atoms with Gasteiger partial charge in [0.1, 0.15) is 18.9 Å². The molecule has 1 aromatic carbocycles. The zero-order chi connectivity index (χ0) is 21.8. The van der Waals surface area contributed by atoms with E-state index in [0.29, 0.717) is 0 Å². The predicted octanol–water partition coefficient (Wildman–Crippen LogP) is 2.02. The number of carbonyl (C=O) groups is 2. The number of rotatable bonds is 7. The molecule has 1 aromatic heterocycles. The van der Waals surface area contributed by atoms with Gasteiger partial charge in [-0.15, -0.1) is 0 Å². The molecule has 0 atom stereocenters. The van der Waals surface area contributed by atoms with E-state index in [1.807, 2.05) is 0 Å². The van der Waals surface area contributed by atoms with Crippen molar-refractivity contribution in [2.45, 2.75) is 17.9 Å². The van der Waals surface area contributed by atoms with Crippen LogP contribution < -0.4 is 5.32 Å². The average molecular weight is 434 g/mol. The number of furan rings is 1. The van der Waals surface area contributed by atoms with Gasteiger partial charge in [0, 0.05) is 19.7 Å².